The highest BCUT2D eigenvalue weighted by Gasteiger charge is 2.53. The molecule has 2 amide bonds. The maximum Gasteiger partial charge on any atom is 0.350 e. The van der Waals surface area contributed by atoms with Crippen molar-refractivity contribution in [3.8, 4) is 0 Å². The largest absolute Gasteiger partial charge is 0.369 e. The molecule has 1 saturated carbocycles. The number of hydrogen-bond acceptors (Lipinski definition) is 3. The Balaban J connectivity index is 1.53. The van der Waals surface area contributed by atoms with Gasteiger partial charge in [-0.25, -0.2) is 9.18 Å². The Morgan fingerprint density at radius 3 is 2.67 bits per heavy atom. The molecule has 1 aromatic carbocycles. The Bertz CT molecular complexity index is 1020. The van der Waals surface area contributed by atoms with Crippen molar-refractivity contribution in [3.05, 3.63) is 53.4 Å². The molecule has 36 heavy (non-hydrogen) atoms. The molecule has 5 nitrogen and oxygen atoms in total. The second-order valence-electron chi connectivity index (χ2n) is 11.2. The summed E-state index contributed by atoms with van der Waals surface area (Å²) in [6.07, 6.45) is 14.3. The zero-order valence-corrected chi connectivity index (χ0v) is 22.5. The van der Waals surface area contributed by atoms with Gasteiger partial charge in [0, 0.05) is 30.9 Å². The summed E-state index contributed by atoms with van der Waals surface area (Å²) in [5.74, 6) is 0.465. The third kappa shape index (κ3) is 6.08. The van der Waals surface area contributed by atoms with Gasteiger partial charge in [-0.1, -0.05) is 48.6 Å². The number of piperidine rings is 1. The van der Waals surface area contributed by atoms with E-state index in [0.717, 1.165) is 57.5 Å². The topological polar surface area (TPSA) is 47.9 Å². The van der Waals surface area contributed by atoms with Gasteiger partial charge >= 0.3 is 6.03 Å². The average Bonchev–Trinajstić information content (AvgIpc) is 3.09. The molecule has 1 spiro atoms. The molecule has 0 aromatic heterocycles. The molecular weight excluding hydrogens is 451 g/mol. The van der Waals surface area contributed by atoms with Crippen molar-refractivity contribution in [3.63, 3.8) is 0 Å². The molecule has 2 atom stereocenters. The molecule has 6 heteroatoms. The van der Waals surface area contributed by atoms with E-state index in [2.05, 4.69) is 55.1 Å². The van der Waals surface area contributed by atoms with Crippen molar-refractivity contribution in [2.24, 2.45) is 4.99 Å². The van der Waals surface area contributed by atoms with Gasteiger partial charge in [-0.15, -0.1) is 0 Å². The Kier molecular flexibility index (Phi) is 8.66. The number of amides is 2. The summed E-state index contributed by atoms with van der Waals surface area (Å²) in [7, 11) is 0. The summed E-state index contributed by atoms with van der Waals surface area (Å²) in [5.41, 5.74) is 2.82. The third-order valence-corrected chi connectivity index (χ3v) is 8.11. The van der Waals surface area contributed by atoms with E-state index >= 15 is 0 Å². The van der Waals surface area contributed by atoms with Crippen LogP contribution in [0.2, 0.25) is 0 Å². The van der Waals surface area contributed by atoms with Crippen LogP contribution in [0.1, 0.15) is 85.5 Å². The Morgan fingerprint density at radius 1 is 1.19 bits per heavy atom. The van der Waals surface area contributed by atoms with Crippen molar-refractivity contribution in [2.45, 2.75) is 103 Å². The van der Waals surface area contributed by atoms with Crippen molar-refractivity contribution in [1.29, 1.82) is 0 Å². The second kappa shape index (κ2) is 11.7. The number of rotatable bonds is 7. The predicted molar refractivity (Wildman–Crippen MR) is 147 cm³/mol. The lowest BCUT2D eigenvalue weighted by Crippen LogP contribution is -2.64. The van der Waals surface area contributed by atoms with E-state index in [9.17, 15) is 9.18 Å². The van der Waals surface area contributed by atoms with Crippen LogP contribution >= 0.6 is 0 Å². The van der Waals surface area contributed by atoms with Crippen molar-refractivity contribution >= 4 is 17.6 Å². The van der Waals surface area contributed by atoms with Crippen molar-refractivity contribution < 1.29 is 9.18 Å². The minimum atomic E-state index is -0.555. The first-order valence-corrected chi connectivity index (χ1v) is 13.8. The Labute approximate surface area is 216 Å². The number of nitrogens with zero attached hydrogens (tertiary/aromatic N) is 3. The molecule has 2 fully saturated rings. The zero-order valence-electron chi connectivity index (χ0n) is 22.5. The molecule has 2 heterocycles. The van der Waals surface area contributed by atoms with Gasteiger partial charge in [0.25, 0.3) is 0 Å². The molecule has 0 unspecified atom stereocenters. The summed E-state index contributed by atoms with van der Waals surface area (Å²) in [5, 5.41) is 3.70. The number of halogens is 1. The van der Waals surface area contributed by atoms with Crippen LogP contribution in [0.5, 0.6) is 0 Å². The van der Waals surface area contributed by atoms with E-state index in [-0.39, 0.29) is 17.9 Å². The third-order valence-electron chi connectivity index (χ3n) is 8.11. The summed E-state index contributed by atoms with van der Waals surface area (Å²) in [4.78, 5) is 22.1. The number of aliphatic imine (C=N–C) groups is 1. The van der Waals surface area contributed by atoms with Gasteiger partial charge < -0.3 is 5.32 Å². The zero-order chi connectivity index (χ0) is 25.7. The fraction of sp³-hybridized carbons (Fsp3) is 0.600. The number of anilines is 1. The molecule has 0 radical (unpaired) electrons. The molecule has 1 aromatic rings. The summed E-state index contributed by atoms with van der Waals surface area (Å²) < 4.78 is 14.2. The summed E-state index contributed by atoms with van der Waals surface area (Å²) in [6, 6.07) is 6.74. The molecule has 0 bridgehead atoms. The number of carbonyl (C=O) groups is 1. The highest BCUT2D eigenvalue weighted by molar-refractivity contribution is 6.16. The number of allylic oxidation sites excluding steroid dienone is 3. The van der Waals surface area contributed by atoms with Gasteiger partial charge in [-0.05, 0) is 84.4 Å². The molecule has 3 aliphatic rings. The van der Waals surface area contributed by atoms with Crippen molar-refractivity contribution in [2.75, 3.05) is 18.0 Å². The maximum atomic E-state index is 14.2. The van der Waals surface area contributed by atoms with Crippen LogP contribution in [0, 0.1) is 5.82 Å². The molecule has 4 rings (SSSR count). The highest BCUT2D eigenvalue weighted by atomic mass is 19.1. The summed E-state index contributed by atoms with van der Waals surface area (Å²) >= 11 is 0. The van der Waals surface area contributed by atoms with Crippen LogP contribution in [0.15, 0.2) is 52.6 Å². The van der Waals surface area contributed by atoms with Crippen LogP contribution in [0.25, 0.3) is 0 Å². The van der Waals surface area contributed by atoms with Gasteiger partial charge in [-0.3, -0.25) is 9.80 Å². The van der Waals surface area contributed by atoms with E-state index in [1.807, 2.05) is 6.07 Å². The smallest absolute Gasteiger partial charge is 0.350 e. The molecule has 1 saturated heterocycles. The lowest BCUT2D eigenvalue weighted by Gasteiger charge is -2.48. The van der Waals surface area contributed by atoms with Gasteiger partial charge in [0.2, 0.25) is 0 Å². The number of urea groups is 1. The van der Waals surface area contributed by atoms with Gasteiger partial charge in [0.15, 0.2) is 0 Å². The van der Waals surface area contributed by atoms with Crippen LogP contribution in [0.4, 0.5) is 14.9 Å². The van der Waals surface area contributed by atoms with E-state index < -0.39 is 5.54 Å². The first-order valence-electron chi connectivity index (χ1n) is 13.8. The van der Waals surface area contributed by atoms with Gasteiger partial charge in [0.1, 0.15) is 17.2 Å². The molecular formula is C30H43FN4O. The molecule has 1 N–H and O–H groups in total. The first-order chi connectivity index (χ1) is 17.3. The molecule has 2 aliphatic heterocycles. The Morgan fingerprint density at radius 2 is 1.97 bits per heavy atom. The number of amidine groups is 1. The normalized spacial score (nSPS) is 25.9. The maximum absolute atomic E-state index is 14.2. The van der Waals surface area contributed by atoms with Crippen LogP contribution in [-0.4, -0.2) is 47.5 Å². The van der Waals surface area contributed by atoms with Crippen LogP contribution in [0.3, 0.4) is 0 Å². The highest BCUT2D eigenvalue weighted by Crippen LogP contribution is 2.41. The fourth-order valence-electron chi connectivity index (χ4n) is 6.04. The summed E-state index contributed by atoms with van der Waals surface area (Å²) in [6.45, 7) is 10.5. The van der Waals surface area contributed by atoms with E-state index in [1.54, 1.807) is 11.0 Å². The molecule has 1 aliphatic carbocycles. The van der Waals surface area contributed by atoms with E-state index in [0.29, 0.717) is 11.7 Å². The SMILES string of the molecule is CC(C)=CCCC(C)=CCN1CC[C@@]2(C[C@@H]1C)C(NC1CCCCC1)=NC(=O)N2c1cccc(F)c1. The lowest BCUT2D eigenvalue weighted by atomic mass is 9.80. The Hall–Kier alpha value is -2.47. The van der Waals surface area contributed by atoms with E-state index in [4.69, 9.17) is 0 Å². The monoisotopic (exact) mass is 494 g/mol. The van der Waals surface area contributed by atoms with Gasteiger partial charge in [0.05, 0.1) is 0 Å². The lowest BCUT2D eigenvalue weighted by molar-refractivity contribution is 0.143. The predicted octanol–water partition coefficient (Wildman–Crippen LogP) is 7.00. The number of carbonyl (C=O) groups excluding carboxylic acids is 1. The minimum absolute atomic E-state index is 0.265. The van der Waals surface area contributed by atoms with Crippen LogP contribution < -0.4 is 10.2 Å². The van der Waals surface area contributed by atoms with Crippen LogP contribution in [-0.2, 0) is 0 Å². The number of benzene rings is 1. The van der Waals surface area contributed by atoms with Crippen molar-refractivity contribution in [1.82, 2.24) is 10.2 Å². The number of likely N-dealkylation sites (tertiary alicyclic amines) is 1. The van der Waals surface area contributed by atoms with Gasteiger partial charge in [-0.2, -0.15) is 4.99 Å². The fourth-order valence-corrected chi connectivity index (χ4v) is 6.04. The quantitative estimate of drug-likeness (QED) is 0.415. The average molecular weight is 495 g/mol. The standard InChI is InChI=1S/C30H43FN4O/c1-22(2)10-8-11-23(3)16-18-34-19-17-30(21-24(34)4)28(32-26-13-6-5-7-14-26)33-29(36)35(30)27-15-9-12-25(31)20-27/h9-10,12,15-16,20,24,26H,5-8,11,13-14,17-19,21H2,1-4H3,(H,32,33,36)/t24-,30+/m0/s1. The number of hydrogen-bond donors (Lipinski definition) is 1. The molecule has 196 valence electrons. The number of nitrogens with one attached hydrogen (secondary N) is 1. The minimum Gasteiger partial charge on any atom is -0.369 e. The van der Waals surface area contributed by atoms with E-state index in [1.165, 1.54) is 42.5 Å². The second-order valence-corrected chi connectivity index (χ2v) is 11.2. The first kappa shape index (κ1) is 26.6.